The predicted molar refractivity (Wildman–Crippen MR) is 134 cm³/mol. The number of aromatic nitrogens is 7. The van der Waals surface area contributed by atoms with Crippen LogP contribution in [-0.2, 0) is 0 Å². The fourth-order valence-electron chi connectivity index (χ4n) is 3.50. The van der Waals surface area contributed by atoms with Crippen LogP contribution < -0.4 is 15.9 Å². The van der Waals surface area contributed by atoms with Gasteiger partial charge in [-0.15, -0.1) is 10.2 Å². The Balaban J connectivity index is 1.59. The molecule has 0 aliphatic heterocycles. The van der Waals surface area contributed by atoms with Crippen LogP contribution in [0.3, 0.4) is 0 Å². The first-order chi connectivity index (χ1) is 17.4. The van der Waals surface area contributed by atoms with E-state index in [1.807, 2.05) is 38.1 Å². The molecule has 0 saturated carbocycles. The van der Waals surface area contributed by atoms with Crippen LogP contribution in [0, 0.1) is 18.3 Å². The number of H-pyrrole nitrogens is 2. The van der Waals surface area contributed by atoms with Gasteiger partial charge < -0.3 is 20.2 Å². The lowest BCUT2D eigenvalue weighted by Gasteiger charge is -2.16. The monoisotopic (exact) mass is 480 g/mol. The molecule has 5 aromatic rings. The number of aryl methyl sites for hydroxylation is 1. The molecule has 5 rings (SSSR count). The van der Waals surface area contributed by atoms with Crippen LogP contribution in [-0.4, -0.2) is 48.8 Å². The van der Waals surface area contributed by atoms with Crippen LogP contribution in [0.2, 0.25) is 0 Å². The third-order valence-electron chi connectivity index (χ3n) is 5.26. The minimum absolute atomic E-state index is 0.192. The molecule has 4 aromatic heterocycles. The van der Waals surface area contributed by atoms with Gasteiger partial charge in [-0.3, -0.25) is 0 Å². The smallest absolute Gasteiger partial charge is 0.323 e. The summed E-state index contributed by atoms with van der Waals surface area (Å²) in [5.74, 6) is 1.61. The van der Waals surface area contributed by atoms with E-state index in [9.17, 15) is 10.1 Å². The Labute approximate surface area is 204 Å². The van der Waals surface area contributed by atoms with Gasteiger partial charge >= 0.3 is 5.69 Å². The lowest BCUT2D eigenvalue weighted by Crippen LogP contribution is -2.12. The zero-order chi connectivity index (χ0) is 25.2. The van der Waals surface area contributed by atoms with Crippen LogP contribution in [0.5, 0.6) is 0 Å². The average molecular weight is 480 g/mol. The highest BCUT2D eigenvalue weighted by Gasteiger charge is 2.16. The van der Waals surface area contributed by atoms with E-state index in [4.69, 9.17) is 4.98 Å². The summed E-state index contributed by atoms with van der Waals surface area (Å²) in [6.07, 6.45) is 4.53. The Morgan fingerprint density at radius 2 is 1.89 bits per heavy atom. The van der Waals surface area contributed by atoms with Crippen LogP contribution in [0.25, 0.3) is 17.0 Å². The van der Waals surface area contributed by atoms with Crippen molar-refractivity contribution in [3.05, 3.63) is 70.5 Å². The third-order valence-corrected chi connectivity index (χ3v) is 5.26. The highest BCUT2D eigenvalue weighted by atomic mass is 16.1. The van der Waals surface area contributed by atoms with E-state index in [0.29, 0.717) is 34.0 Å². The summed E-state index contributed by atoms with van der Waals surface area (Å²) in [5, 5.41) is 25.8. The molecule has 4 heterocycles. The molecule has 0 amide bonds. The minimum atomic E-state index is -0.285. The number of hydrogen-bond acceptors (Lipinski definition) is 10. The topological polar surface area (TPSA) is 169 Å². The van der Waals surface area contributed by atoms with E-state index in [0.717, 1.165) is 5.56 Å². The first-order valence-electron chi connectivity index (χ1n) is 10.8. The molecule has 0 bridgehead atoms. The molecule has 0 unspecified atom stereocenters. The fraction of sp³-hybridized carbons (Fsp3) is 0.130. The van der Waals surface area contributed by atoms with Crippen molar-refractivity contribution in [3.8, 4) is 12.0 Å². The molecule has 13 heteroatoms. The molecule has 3 N–H and O–H groups in total. The SMILES string of the molecule is Cc1cc(N(C)C)nc(Nc2ccc3[nH]c(=O)[nH]c3c2)c1N=Nc1c(C#N)cnn1-c1ncccn1. The Morgan fingerprint density at radius 3 is 2.64 bits per heavy atom. The summed E-state index contributed by atoms with van der Waals surface area (Å²) < 4.78 is 1.35. The standard InChI is InChI=1S/C23H20N12O/c1-13-9-18(34(2)3)31-20(28-15-5-6-16-17(10-15)30-23(36)29-16)19(13)32-33-21-14(11-24)12-27-35(21)22-25-7-4-8-26-22/h4-10,12H,1-3H3,(H,28,31)(H2,29,30,36). The molecule has 0 saturated heterocycles. The summed E-state index contributed by atoms with van der Waals surface area (Å²) in [4.78, 5) is 32.1. The lowest BCUT2D eigenvalue weighted by molar-refractivity contribution is 0.803. The molecular formula is C23H20N12O. The number of benzene rings is 1. The highest BCUT2D eigenvalue weighted by molar-refractivity contribution is 5.82. The molecule has 36 heavy (non-hydrogen) atoms. The zero-order valence-corrected chi connectivity index (χ0v) is 19.6. The number of nitriles is 1. The summed E-state index contributed by atoms with van der Waals surface area (Å²) in [7, 11) is 3.78. The van der Waals surface area contributed by atoms with Crippen molar-refractivity contribution in [2.45, 2.75) is 6.92 Å². The van der Waals surface area contributed by atoms with Gasteiger partial charge in [-0.25, -0.2) is 19.7 Å². The van der Waals surface area contributed by atoms with E-state index in [-0.39, 0.29) is 23.0 Å². The highest BCUT2D eigenvalue weighted by Crippen LogP contribution is 2.35. The number of fused-ring (bicyclic) bond motifs is 1. The largest absolute Gasteiger partial charge is 0.363 e. The van der Waals surface area contributed by atoms with Gasteiger partial charge in [-0.05, 0) is 42.8 Å². The van der Waals surface area contributed by atoms with Gasteiger partial charge in [-0.1, -0.05) is 0 Å². The first kappa shape index (κ1) is 22.4. The molecule has 0 radical (unpaired) electrons. The number of aromatic amines is 2. The van der Waals surface area contributed by atoms with Crippen molar-refractivity contribution in [2.24, 2.45) is 10.2 Å². The van der Waals surface area contributed by atoms with Gasteiger partial charge in [0.2, 0.25) is 0 Å². The predicted octanol–water partition coefficient (Wildman–Crippen LogP) is 3.63. The van der Waals surface area contributed by atoms with Gasteiger partial charge in [0.15, 0.2) is 11.6 Å². The number of rotatable bonds is 6. The summed E-state index contributed by atoms with van der Waals surface area (Å²) >= 11 is 0. The van der Waals surface area contributed by atoms with Gasteiger partial charge in [0, 0.05) is 32.2 Å². The minimum Gasteiger partial charge on any atom is -0.363 e. The maximum absolute atomic E-state index is 11.6. The number of nitrogens with zero attached hydrogens (tertiary/aromatic N) is 9. The molecule has 0 aliphatic carbocycles. The second-order valence-corrected chi connectivity index (χ2v) is 8.01. The van der Waals surface area contributed by atoms with Gasteiger partial charge in [-0.2, -0.15) is 15.0 Å². The number of hydrogen-bond donors (Lipinski definition) is 3. The molecule has 0 atom stereocenters. The molecule has 13 nitrogen and oxygen atoms in total. The number of pyridine rings is 1. The maximum Gasteiger partial charge on any atom is 0.323 e. The van der Waals surface area contributed by atoms with Gasteiger partial charge in [0.05, 0.1) is 17.2 Å². The molecule has 0 spiro atoms. The lowest BCUT2D eigenvalue weighted by atomic mass is 10.2. The second kappa shape index (κ2) is 9.11. The summed E-state index contributed by atoms with van der Waals surface area (Å²) in [6, 6.07) is 11.0. The summed E-state index contributed by atoms with van der Waals surface area (Å²) in [5.41, 5.74) is 3.24. The number of nitrogens with one attached hydrogen (secondary N) is 3. The maximum atomic E-state index is 11.6. The molecule has 0 aliphatic rings. The van der Waals surface area contributed by atoms with Crippen LogP contribution in [0.1, 0.15) is 11.1 Å². The van der Waals surface area contributed by atoms with Gasteiger partial charge in [0.1, 0.15) is 23.1 Å². The van der Waals surface area contributed by atoms with E-state index < -0.39 is 0 Å². The first-order valence-corrected chi connectivity index (χ1v) is 10.8. The Bertz CT molecular complexity index is 1690. The van der Waals surface area contributed by atoms with E-state index in [1.165, 1.54) is 10.9 Å². The third kappa shape index (κ3) is 4.26. The van der Waals surface area contributed by atoms with Crippen molar-refractivity contribution in [1.29, 1.82) is 5.26 Å². The number of anilines is 3. The van der Waals surface area contributed by atoms with E-state index in [1.54, 1.807) is 30.6 Å². The molecule has 1 aromatic carbocycles. The average Bonchev–Trinajstić information content (AvgIpc) is 3.45. The molecule has 0 fully saturated rings. The van der Waals surface area contributed by atoms with E-state index in [2.05, 4.69) is 46.6 Å². The number of azo groups is 1. The Hall–Kier alpha value is -5.38. The van der Waals surface area contributed by atoms with Crippen molar-refractivity contribution >= 4 is 39.9 Å². The summed E-state index contributed by atoms with van der Waals surface area (Å²) in [6.45, 7) is 1.89. The Morgan fingerprint density at radius 1 is 1.11 bits per heavy atom. The van der Waals surface area contributed by atoms with E-state index >= 15 is 0 Å². The quantitative estimate of drug-likeness (QED) is 0.309. The van der Waals surface area contributed by atoms with Crippen LogP contribution in [0.15, 0.2) is 63.9 Å². The normalized spacial score (nSPS) is 11.2. The van der Waals surface area contributed by atoms with Crippen molar-refractivity contribution in [2.75, 3.05) is 24.3 Å². The van der Waals surface area contributed by atoms with Crippen molar-refractivity contribution < 1.29 is 0 Å². The second-order valence-electron chi connectivity index (χ2n) is 8.01. The van der Waals surface area contributed by atoms with Gasteiger partial charge in [0.25, 0.3) is 5.95 Å². The van der Waals surface area contributed by atoms with Crippen molar-refractivity contribution in [1.82, 2.24) is 34.7 Å². The Kier molecular flexibility index (Phi) is 5.67. The fourth-order valence-corrected chi connectivity index (χ4v) is 3.50. The molecular weight excluding hydrogens is 460 g/mol. The molecule has 178 valence electrons. The zero-order valence-electron chi connectivity index (χ0n) is 19.6. The van der Waals surface area contributed by atoms with Crippen molar-refractivity contribution in [3.63, 3.8) is 0 Å². The van der Waals surface area contributed by atoms with Crippen LogP contribution >= 0.6 is 0 Å². The number of imidazole rings is 1. The van der Waals surface area contributed by atoms with Crippen LogP contribution in [0.4, 0.5) is 28.8 Å².